The molecule has 0 spiro atoms. The molecule has 3 aromatic rings. The average Bonchev–Trinajstić information content (AvgIpc) is 3.47. The third kappa shape index (κ3) is 6.20. The monoisotopic (exact) mass is 560 g/mol. The number of aromatic nitrogens is 1. The van der Waals surface area contributed by atoms with Gasteiger partial charge in [-0.3, -0.25) is 14.6 Å². The molecule has 2 aliphatic rings. The van der Waals surface area contributed by atoms with Crippen LogP contribution in [0, 0.1) is 12.8 Å². The number of hydrogen-bond donors (Lipinski definition) is 1. The number of rotatable bonds is 9. The van der Waals surface area contributed by atoms with Crippen LogP contribution in [0.15, 0.2) is 46.8 Å². The summed E-state index contributed by atoms with van der Waals surface area (Å²) in [7, 11) is 0. The van der Waals surface area contributed by atoms with E-state index >= 15 is 0 Å². The molecule has 8 nitrogen and oxygen atoms in total. The number of likely N-dealkylation sites (tertiary alicyclic amines) is 1. The molecule has 3 heterocycles. The summed E-state index contributed by atoms with van der Waals surface area (Å²) in [5.41, 5.74) is 5.40. The van der Waals surface area contributed by atoms with Crippen molar-refractivity contribution in [1.29, 1.82) is 0 Å². The number of benzene rings is 2. The van der Waals surface area contributed by atoms with Gasteiger partial charge in [0.1, 0.15) is 12.4 Å². The Morgan fingerprint density at radius 2 is 1.88 bits per heavy atom. The van der Waals surface area contributed by atoms with E-state index in [1.807, 2.05) is 53.6 Å². The van der Waals surface area contributed by atoms with Crippen molar-refractivity contribution < 1.29 is 19.4 Å². The highest BCUT2D eigenvalue weighted by atomic mass is 32.1. The van der Waals surface area contributed by atoms with Crippen LogP contribution in [0.2, 0.25) is 0 Å². The molecular weight excluding hydrogens is 524 g/mol. The molecule has 1 aromatic heterocycles. The van der Waals surface area contributed by atoms with Gasteiger partial charge in [0.25, 0.3) is 5.91 Å². The molecule has 1 amide bonds. The smallest absolute Gasteiger partial charge is 0.306 e. The molecule has 0 saturated carbocycles. The van der Waals surface area contributed by atoms with Crippen molar-refractivity contribution in [3.63, 3.8) is 0 Å². The van der Waals surface area contributed by atoms with E-state index in [0.717, 1.165) is 70.3 Å². The quantitative estimate of drug-likeness (QED) is 0.331. The van der Waals surface area contributed by atoms with Gasteiger partial charge in [0.15, 0.2) is 5.13 Å². The van der Waals surface area contributed by atoms with Crippen molar-refractivity contribution in [1.82, 2.24) is 9.88 Å². The molecule has 5 rings (SSSR count). The van der Waals surface area contributed by atoms with E-state index in [4.69, 9.17) is 9.72 Å². The van der Waals surface area contributed by atoms with Gasteiger partial charge in [0.05, 0.1) is 18.2 Å². The van der Waals surface area contributed by atoms with Crippen LogP contribution in [0.4, 0.5) is 5.13 Å². The number of aliphatic imine (C=N–C) groups is 1. The molecule has 2 aliphatic heterocycles. The summed E-state index contributed by atoms with van der Waals surface area (Å²) in [4.78, 5) is 37.4. The van der Waals surface area contributed by atoms with E-state index in [1.54, 1.807) is 11.3 Å². The van der Waals surface area contributed by atoms with Gasteiger partial charge in [0, 0.05) is 48.2 Å². The van der Waals surface area contributed by atoms with Crippen molar-refractivity contribution in [2.24, 2.45) is 10.9 Å². The summed E-state index contributed by atoms with van der Waals surface area (Å²) < 4.78 is 6.46. The lowest BCUT2D eigenvalue weighted by Crippen LogP contribution is -2.36. The van der Waals surface area contributed by atoms with Crippen LogP contribution in [0.5, 0.6) is 5.75 Å². The number of amides is 1. The van der Waals surface area contributed by atoms with Crippen molar-refractivity contribution >= 4 is 35.1 Å². The van der Waals surface area contributed by atoms with Crippen LogP contribution in [0.3, 0.4) is 0 Å². The fourth-order valence-electron chi connectivity index (χ4n) is 5.47. The van der Waals surface area contributed by atoms with Crippen molar-refractivity contribution in [2.75, 3.05) is 31.1 Å². The summed E-state index contributed by atoms with van der Waals surface area (Å²) in [5, 5.41) is 12.2. The maximum absolute atomic E-state index is 13.0. The van der Waals surface area contributed by atoms with Gasteiger partial charge < -0.3 is 19.6 Å². The van der Waals surface area contributed by atoms with Crippen molar-refractivity contribution in [2.45, 2.75) is 52.2 Å². The highest BCUT2D eigenvalue weighted by Crippen LogP contribution is 2.37. The predicted octanol–water partition coefficient (Wildman–Crippen LogP) is 5.83. The number of piperidine rings is 2. The van der Waals surface area contributed by atoms with Gasteiger partial charge in [-0.25, -0.2) is 4.98 Å². The van der Waals surface area contributed by atoms with Crippen LogP contribution < -0.4 is 9.64 Å². The maximum atomic E-state index is 13.0. The second-order valence-corrected chi connectivity index (χ2v) is 11.4. The van der Waals surface area contributed by atoms with Crippen LogP contribution in [-0.2, 0) is 17.9 Å². The van der Waals surface area contributed by atoms with Gasteiger partial charge in [-0.2, -0.15) is 0 Å². The molecule has 40 heavy (non-hydrogen) atoms. The molecular formula is C31H36N4O4S. The lowest BCUT2D eigenvalue weighted by Gasteiger charge is -2.29. The standard InChI is InChI=1S/C31H36N4O4S/c1-21-17-23(29(36)34-13-4-3-5-14-34)9-10-25(21)19-39-28-24(18-32-2)7-6-8-26(28)27-20-40-31(33-27)35-15-11-22(12-16-35)30(37)38/h6-10,17,20,22H,2-5,11-16,18-19H2,1H3,(H,37,38). The van der Waals surface area contributed by atoms with E-state index in [0.29, 0.717) is 39.1 Å². The Morgan fingerprint density at radius 3 is 2.58 bits per heavy atom. The topological polar surface area (TPSA) is 95.3 Å². The minimum atomic E-state index is -0.715. The second kappa shape index (κ2) is 12.6. The van der Waals surface area contributed by atoms with E-state index in [2.05, 4.69) is 16.6 Å². The first-order valence-electron chi connectivity index (χ1n) is 13.9. The fraction of sp³-hybridized carbons (Fsp3) is 0.419. The van der Waals surface area contributed by atoms with Crippen LogP contribution in [0.1, 0.15) is 59.2 Å². The first-order chi connectivity index (χ1) is 19.4. The Morgan fingerprint density at radius 1 is 1.10 bits per heavy atom. The summed E-state index contributed by atoms with van der Waals surface area (Å²) in [6.45, 7) is 9.50. The Bertz CT molecular complexity index is 1370. The number of aliphatic carboxylic acids is 1. The van der Waals surface area contributed by atoms with Crippen LogP contribution >= 0.6 is 11.3 Å². The molecule has 0 aliphatic carbocycles. The van der Waals surface area contributed by atoms with Crippen molar-refractivity contribution in [3.05, 3.63) is 64.0 Å². The van der Waals surface area contributed by atoms with E-state index < -0.39 is 5.97 Å². The summed E-state index contributed by atoms with van der Waals surface area (Å²) in [5.74, 6) is -0.165. The molecule has 210 valence electrons. The highest BCUT2D eigenvalue weighted by molar-refractivity contribution is 7.14. The van der Waals surface area contributed by atoms with Crippen molar-refractivity contribution in [3.8, 4) is 17.0 Å². The summed E-state index contributed by atoms with van der Waals surface area (Å²) >= 11 is 1.56. The lowest BCUT2D eigenvalue weighted by molar-refractivity contribution is -0.142. The fourth-order valence-corrected chi connectivity index (χ4v) is 6.35. The van der Waals surface area contributed by atoms with Gasteiger partial charge in [-0.15, -0.1) is 11.3 Å². The first kappa shape index (κ1) is 27.8. The normalized spacial score (nSPS) is 16.1. The number of thiazole rings is 1. The number of para-hydroxylation sites is 1. The summed E-state index contributed by atoms with van der Waals surface area (Å²) in [6.07, 6.45) is 4.59. The second-order valence-electron chi connectivity index (χ2n) is 10.6. The zero-order valence-electron chi connectivity index (χ0n) is 23.0. The lowest BCUT2D eigenvalue weighted by atomic mass is 9.97. The molecule has 2 fully saturated rings. The third-order valence-electron chi connectivity index (χ3n) is 7.87. The number of aryl methyl sites for hydroxylation is 1. The molecule has 0 bridgehead atoms. The van der Waals surface area contributed by atoms with Gasteiger partial charge in [-0.1, -0.05) is 18.2 Å². The predicted molar refractivity (Wildman–Crippen MR) is 159 cm³/mol. The van der Waals surface area contributed by atoms with Gasteiger partial charge >= 0.3 is 5.97 Å². The molecule has 2 saturated heterocycles. The maximum Gasteiger partial charge on any atom is 0.306 e. The zero-order valence-corrected chi connectivity index (χ0v) is 23.8. The Hall–Kier alpha value is -3.72. The number of ether oxygens (including phenoxy) is 1. The number of carbonyl (C=O) groups excluding carboxylic acids is 1. The van der Waals surface area contributed by atoms with E-state index in [9.17, 15) is 14.7 Å². The van der Waals surface area contributed by atoms with E-state index in [-0.39, 0.29) is 11.8 Å². The average molecular weight is 561 g/mol. The minimum Gasteiger partial charge on any atom is -0.488 e. The zero-order chi connectivity index (χ0) is 28.1. The Balaban J connectivity index is 1.33. The van der Waals surface area contributed by atoms with E-state index in [1.165, 1.54) is 6.42 Å². The minimum absolute atomic E-state index is 0.103. The molecule has 0 radical (unpaired) electrons. The number of carboxylic acid groups (broad SMARTS) is 1. The van der Waals surface area contributed by atoms with Gasteiger partial charge in [-0.05, 0) is 75.1 Å². The Kier molecular flexibility index (Phi) is 8.79. The molecule has 1 N–H and O–H groups in total. The molecule has 0 unspecified atom stereocenters. The molecule has 2 aromatic carbocycles. The van der Waals surface area contributed by atoms with Crippen LogP contribution in [0.25, 0.3) is 11.3 Å². The third-order valence-corrected chi connectivity index (χ3v) is 8.77. The van der Waals surface area contributed by atoms with Gasteiger partial charge in [0.2, 0.25) is 0 Å². The number of carbonyl (C=O) groups is 2. The number of carboxylic acids is 1. The highest BCUT2D eigenvalue weighted by Gasteiger charge is 2.26. The first-order valence-corrected chi connectivity index (χ1v) is 14.8. The van der Waals surface area contributed by atoms with Crippen LogP contribution in [-0.4, -0.2) is 59.8 Å². The SMILES string of the molecule is C=NCc1cccc(-c2csc(N3CCC(C(=O)O)CC3)n2)c1OCc1ccc(C(=O)N2CCCCC2)cc1C. The number of anilines is 1. The summed E-state index contributed by atoms with van der Waals surface area (Å²) in [6, 6.07) is 11.8. The Labute approximate surface area is 239 Å². The number of hydrogen-bond acceptors (Lipinski definition) is 7. The largest absolute Gasteiger partial charge is 0.488 e. The molecule has 9 heteroatoms. The molecule has 0 atom stereocenters. The number of nitrogens with zero attached hydrogens (tertiary/aromatic N) is 4.